The third kappa shape index (κ3) is 5.66. The van der Waals surface area contributed by atoms with Crippen molar-refractivity contribution in [2.75, 3.05) is 0 Å². The van der Waals surface area contributed by atoms with E-state index >= 15 is 0 Å². The Morgan fingerprint density at radius 2 is 0.818 bits per heavy atom. The molecule has 0 saturated carbocycles. The molecule has 0 aliphatic heterocycles. The molecular weight excluding hydrogens is 358 g/mol. The summed E-state index contributed by atoms with van der Waals surface area (Å²) in [6.07, 6.45) is 0. The average molecular weight is 382 g/mol. The second-order valence-electron chi connectivity index (χ2n) is 4.59. The van der Waals surface area contributed by atoms with Gasteiger partial charge in [0, 0.05) is 0 Å². The summed E-state index contributed by atoms with van der Waals surface area (Å²) >= 11 is 23.4. The van der Waals surface area contributed by atoms with Crippen LogP contribution in [0.25, 0.3) is 0 Å². The largest absolute Gasteiger partial charge is 0.0824 e. The van der Waals surface area contributed by atoms with E-state index in [1.54, 1.807) is 0 Å². The van der Waals surface area contributed by atoms with Crippen molar-refractivity contribution in [1.82, 2.24) is 0 Å². The van der Waals surface area contributed by atoms with Crippen LogP contribution in [0.15, 0.2) is 24.3 Å². The lowest BCUT2D eigenvalue weighted by Gasteiger charge is -2.09. The summed E-state index contributed by atoms with van der Waals surface area (Å²) < 4.78 is 0. The normalized spacial score (nSPS) is 9.09. The quantitative estimate of drug-likeness (QED) is 0.317. The highest BCUT2D eigenvalue weighted by molar-refractivity contribution is 6.52. The molecule has 0 N–H and O–H groups in total. The van der Waals surface area contributed by atoms with Crippen molar-refractivity contribution < 1.29 is 0 Å². The van der Waals surface area contributed by atoms with Gasteiger partial charge in [0.1, 0.15) is 0 Å². The van der Waals surface area contributed by atoms with Gasteiger partial charge < -0.3 is 0 Å². The predicted octanol–water partition coefficient (Wildman–Crippen LogP) is 8.49. The molecule has 2 rings (SSSR count). The van der Waals surface area contributed by atoms with Gasteiger partial charge >= 0.3 is 0 Å². The van der Waals surface area contributed by atoms with E-state index in [9.17, 15) is 0 Å². The van der Waals surface area contributed by atoms with Crippen molar-refractivity contribution in [2.24, 2.45) is 0 Å². The Balaban J connectivity index is 0. The highest BCUT2D eigenvalue weighted by atomic mass is 35.5. The van der Waals surface area contributed by atoms with Gasteiger partial charge in [0.15, 0.2) is 0 Å². The Hall–Kier alpha value is -0.400. The average Bonchev–Trinajstić information content (AvgIpc) is 2.45. The Labute approximate surface area is 155 Å². The van der Waals surface area contributed by atoms with Gasteiger partial charge in [0.05, 0.1) is 20.1 Å². The highest BCUT2D eigenvalue weighted by Gasteiger charge is 2.14. The Bertz CT molecular complexity index is 493. The zero-order valence-electron chi connectivity index (χ0n) is 11.8. The summed E-state index contributed by atoms with van der Waals surface area (Å²) in [5.74, 6) is 0. The van der Waals surface area contributed by atoms with Crippen LogP contribution in [0.4, 0.5) is 0 Å². The van der Waals surface area contributed by atoms with E-state index in [2.05, 4.69) is 38.1 Å². The lowest BCUT2D eigenvalue weighted by Crippen LogP contribution is -1.87. The van der Waals surface area contributed by atoms with Crippen molar-refractivity contribution in [3.63, 3.8) is 0 Å². The third-order valence-electron chi connectivity index (χ3n) is 3.22. The second-order valence-corrected chi connectivity index (χ2v) is 6.10. The first-order valence-electron chi connectivity index (χ1n) is 6.08. The van der Waals surface area contributed by atoms with Gasteiger partial charge in [-0.15, -0.1) is 0 Å². The van der Waals surface area contributed by atoms with E-state index < -0.39 is 0 Å². The number of hydrogen-bond donors (Lipinski definition) is 0. The molecule has 0 amide bonds. The topological polar surface area (TPSA) is 0 Å². The van der Waals surface area contributed by atoms with E-state index in [1.165, 1.54) is 11.1 Å². The SMILES string of the molecule is C.C.Cc1c(C)c(Cl)c(Cl)c(Cl)c1Cl.Cc1ccccc1C. The molecule has 0 saturated heterocycles. The van der Waals surface area contributed by atoms with E-state index in [-0.39, 0.29) is 14.9 Å². The zero-order valence-corrected chi connectivity index (χ0v) is 14.8. The van der Waals surface area contributed by atoms with E-state index in [0.29, 0.717) is 20.1 Å². The maximum atomic E-state index is 5.89. The molecule has 0 spiro atoms. The van der Waals surface area contributed by atoms with E-state index in [1.807, 2.05) is 13.8 Å². The molecule has 0 nitrogen and oxygen atoms in total. The van der Waals surface area contributed by atoms with Crippen molar-refractivity contribution >= 4 is 46.4 Å². The van der Waals surface area contributed by atoms with E-state index in [4.69, 9.17) is 46.4 Å². The number of aryl methyl sites for hydroxylation is 2. The smallest absolute Gasteiger partial charge is 0.0796 e. The Morgan fingerprint density at radius 1 is 0.545 bits per heavy atom. The maximum absolute atomic E-state index is 5.89. The summed E-state index contributed by atoms with van der Waals surface area (Å²) in [6.45, 7) is 7.95. The summed E-state index contributed by atoms with van der Waals surface area (Å²) in [7, 11) is 0. The van der Waals surface area contributed by atoms with Gasteiger partial charge in [-0.05, 0) is 49.9 Å². The molecule has 0 aliphatic rings. The standard InChI is InChI=1S/C8H6Cl4.C8H10.2CH4/c1-3-4(2)6(10)8(12)7(11)5(3)9;1-7-5-3-4-6-8(7)2;;/h1-2H3;3-6H,1-2H3;2*1H4. The van der Waals surface area contributed by atoms with Gasteiger partial charge in [-0.25, -0.2) is 0 Å². The van der Waals surface area contributed by atoms with Crippen molar-refractivity contribution in [3.05, 3.63) is 66.6 Å². The van der Waals surface area contributed by atoms with Crippen molar-refractivity contribution in [3.8, 4) is 0 Å². The fourth-order valence-electron chi connectivity index (χ4n) is 1.51. The molecule has 0 bridgehead atoms. The lowest BCUT2D eigenvalue weighted by atomic mass is 10.1. The highest BCUT2D eigenvalue weighted by Crippen LogP contribution is 2.40. The van der Waals surface area contributed by atoms with Crippen LogP contribution < -0.4 is 0 Å². The van der Waals surface area contributed by atoms with Gasteiger partial charge in [0.25, 0.3) is 0 Å². The molecule has 4 heteroatoms. The molecular formula is C18H24Cl4. The Morgan fingerprint density at radius 3 is 1.05 bits per heavy atom. The molecule has 0 fully saturated rings. The second kappa shape index (κ2) is 10.4. The van der Waals surface area contributed by atoms with Crippen LogP contribution in [0, 0.1) is 27.7 Å². The van der Waals surface area contributed by atoms with Crippen LogP contribution in [0.3, 0.4) is 0 Å². The monoisotopic (exact) mass is 380 g/mol. The van der Waals surface area contributed by atoms with Crippen molar-refractivity contribution in [1.29, 1.82) is 0 Å². The van der Waals surface area contributed by atoms with Crippen LogP contribution in [0.5, 0.6) is 0 Å². The number of rotatable bonds is 0. The lowest BCUT2D eigenvalue weighted by molar-refractivity contribution is 1.34. The molecule has 0 unspecified atom stereocenters. The minimum atomic E-state index is 0. The molecule has 124 valence electrons. The summed E-state index contributed by atoms with van der Waals surface area (Å²) in [5.41, 5.74) is 4.48. The van der Waals surface area contributed by atoms with Crippen LogP contribution in [-0.4, -0.2) is 0 Å². The molecule has 0 radical (unpaired) electrons. The van der Waals surface area contributed by atoms with Crippen molar-refractivity contribution in [2.45, 2.75) is 42.5 Å². The summed E-state index contributed by atoms with van der Waals surface area (Å²) in [6, 6.07) is 8.36. The molecule has 0 heterocycles. The third-order valence-corrected chi connectivity index (χ3v) is 5.22. The molecule has 0 atom stereocenters. The summed E-state index contributed by atoms with van der Waals surface area (Å²) in [5, 5.41) is 1.60. The Kier molecular flexibility index (Phi) is 11.3. The van der Waals surface area contributed by atoms with Gasteiger partial charge in [-0.2, -0.15) is 0 Å². The molecule has 2 aromatic rings. The fourth-order valence-corrected chi connectivity index (χ4v) is 2.56. The van der Waals surface area contributed by atoms with Gasteiger partial charge in [-0.1, -0.05) is 85.5 Å². The first-order valence-corrected chi connectivity index (χ1v) is 7.60. The minimum Gasteiger partial charge on any atom is -0.0824 e. The molecule has 22 heavy (non-hydrogen) atoms. The van der Waals surface area contributed by atoms with Crippen LogP contribution in [0.1, 0.15) is 37.1 Å². The number of hydrogen-bond acceptors (Lipinski definition) is 0. The van der Waals surface area contributed by atoms with Gasteiger partial charge in [-0.3, -0.25) is 0 Å². The maximum Gasteiger partial charge on any atom is 0.0796 e. The first kappa shape index (κ1) is 23.9. The van der Waals surface area contributed by atoms with E-state index in [0.717, 1.165) is 11.1 Å². The predicted molar refractivity (Wildman–Crippen MR) is 105 cm³/mol. The molecule has 0 aliphatic carbocycles. The minimum absolute atomic E-state index is 0. The number of benzene rings is 2. The number of halogens is 4. The summed E-state index contributed by atoms with van der Waals surface area (Å²) in [4.78, 5) is 0. The zero-order chi connectivity index (χ0) is 15.4. The molecule has 0 aromatic heterocycles. The first-order chi connectivity index (χ1) is 9.27. The van der Waals surface area contributed by atoms with Crippen LogP contribution in [0.2, 0.25) is 20.1 Å². The van der Waals surface area contributed by atoms with Crippen LogP contribution >= 0.6 is 46.4 Å². The molecule has 2 aromatic carbocycles. The fraction of sp³-hybridized carbons (Fsp3) is 0.333. The van der Waals surface area contributed by atoms with Gasteiger partial charge in [0.2, 0.25) is 0 Å². The van der Waals surface area contributed by atoms with Crippen LogP contribution in [-0.2, 0) is 0 Å².